The molecule has 1 N–H and O–H groups in total. The van der Waals surface area contributed by atoms with E-state index in [1.165, 1.54) is 16.7 Å². The predicted octanol–water partition coefficient (Wildman–Crippen LogP) is 2.39. The molecule has 3 nitrogen and oxygen atoms in total. The third kappa shape index (κ3) is 3.80. The molecule has 106 valence electrons. The summed E-state index contributed by atoms with van der Waals surface area (Å²) in [5, 5.41) is 3.33. The van der Waals surface area contributed by atoms with Crippen molar-refractivity contribution in [1.29, 1.82) is 0 Å². The molecule has 0 saturated carbocycles. The molecule has 0 amide bonds. The zero-order chi connectivity index (χ0) is 14.0. The van der Waals surface area contributed by atoms with Gasteiger partial charge < -0.3 is 5.32 Å². The van der Waals surface area contributed by atoms with Crippen LogP contribution >= 0.6 is 0 Å². The molecular weight excluding hydrogens is 258 g/mol. The van der Waals surface area contributed by atoms with Gasteiger partial charge in [-0.25, -0.2) is 8.42 Å². The Morgan fingerprint density at radius 2 is 1.89 bits per heavy atom. The SMILES string of the molecule is CNC(CC1CCS(=O)(=O)C1)c1cc(C)cc(C)c1. The molecule has 1 fully saturated rings. The van der Waals surface area contributed by atoms with Gasteiger partial charge in [-0.05, 0) is 45.2 Å². The van der Waals surface area contributed by atoms with E-state index in [1.807, 2.05) is 7.05 Å². The normalized spacial score (nSPS) is 23.4. The first-order valence-corrected chi connectivity index (χ1v) is 8.67. The molecule has 0 bridgehead atoms. The van der Waals surface area contributed by atoms with E-state index in [0.717, 1.165) is 12.8 Å². The minimum absolute atomic E-state index is 0.247. The monoisotopic (exact) mass is 281 g/mol. The van der Waals surface area contributed by atoms with Crippen LogP contribution in [0.5, 0.6) is 0 Å². The predicted molar refractivity (Wildman–Crippen MR) is 79.1 cm³/mol. The van der Waals surface area contributed by atoms with Crippen LogP contribution in [0, 0.1) is 19.8 Å². The molecule has 1 aromatic rings. The Hall–Kier alpha value is -0.870. The van der Waals surface area contributed by atoms with E-state index in [2.05, 4.69) is 37.4 Å². The van der Waals surface area contributed by atoms with Gasteiger partial charge in [0.2, 0.25) is 0 Å². The fourth-order valence-corrected chi connectivity index (χ4v) is 4.90. The molecule has 1 aliphatic rings. The van der Waals surface area contributed by atoms with Crippen molar-refractivity contribution in [2.75, 3.05) is 18.6 Å². The highest BCUT2D eigenvalue weighted by Gasteiger charge is 2.29. The van der Waals surface area contributed by atoms with Gasteiger partial charge in [0.1, 0.15) is 0 Å². The smallest absolute Gasteiger partial charge is 0.150 e. The van der Waals surface area contributed by atoms with Crippen LogP contribution in [0.1, 0.15) is 35.6 Å². The molecule has 2 atom stereocenters. The Bertz CT molecular complexity index is 531. The maximum atomic E-state index is 11.5. The second-order valence-electron chi connectivity index (χ2n) is 5.77. The first kappa shape index (κ1) is 14.5. The molecule has 19 heavy (non-hydrogen) atoms. The van der Waals surface area contributed by atoms with Gasteiger partial charge in [-0.15, -0.1) is 0 Å². The molecule has 2 unspecified atom stereocenters. The Labute approximate surface area is 116 Å². The summed E-state index contributed by atoms with van der Waals surface area (Å²) in [4.78, 5) is 0. The van der Waals surface area contributed by atoms with Gasteiger partial charge in [0.05, 0.1) is 11.5 Å². The summed E-state index contributed by atoms with van der Waals surface area (Å²) in [7, 11) is -0.825. The van der Waals surface area contributed by atoms with Crippen LogP contribution in [0.4, 0.5) is 0 Å². The third-order valence-electron chi connectivity index (χ3n) is 3.89. The van der Waals surface area contributed by atoms with E-state index in [4.69, 9.17) is 0 Å². The highest BCUT2D eigenvalue weighted by Crippen LogP contribution is 2.29. The maximum Gasteiger partial charge on any atom is 0.150 e. The minimum atomic E-state index is -2.78. The van der Waals surface area contributed by atoms with Crippen molar-refractivity contribution in [1.82, 2.24) is 5.32 Å². The van der Waals surface area contributed by atoms with Crippen LogP contribution in [0.3, 0.4) is 0 Å². The fourth-order valence-electron chi connectivity index (χ4n) is 3.02. The van der Waals surface area contributed by atoms with E-state index in [1.54, 1.807) is 0 Å². The molecule has 1 saturated heterocycles. The summed E-state index contributed by atoms with van der Waals surface area (Å²) < 4.78 is 23.1. The summed E-state index contributed by atoms with van der Waals surface area (Å²) in [5.74, 6) is 1.01. The maximum absolute atomic E-state index is 11.5. The Kier molecular flexibility index (Phi) is 4.31. The highest BCUT2D eigenvalue weighted by molar-refractivity contribution is 7.91. The van der Waals surface area contributed by atoms with Crippen LogP contribution in [-0.4, -0.2) is 27.0 Å². The summed E-state index contributed by atoms with van der Waals surface area (Å²) in [6.45, 7) is 4.20. The number of hydrogen-bond acceptors (Lipinski definition) is 3. The van der Waals surface area contributed by atoms with Crippen LogP contribution in [-0.2, 0) is 9.84 Å². The quantitative estimate of drug-likeness (QED) is 0.921. The van der Waals surface area contributed by atoms with Crippen molar-refractivity contribution in [2.24, 2.45) is 5.92 Å². The molecule has 0 aliphatic carbocycles. The number of nitrogens with one attached hydrogen (secondary N) is 1. The van der Waals surface area contributed by atoms with Crippen molar-refractivity contribution in [3.05, 3.63) is 34.9 Å². The van der Waals surface area contributed by atoms with Gasteiger partial charge in [0, 0.05) is 6.04 Å². The molecule has 1 aromatic carbocycles. The van der Waals surface area contributed by atoms with E-state index in [0.29, 0.717) is 17.4 Å². The first-order chi connectivity index (χ1) is 8.89. The van der Waals surface area contributed by atoms with Crippen LogP contribution in [0.2, 0.25) is 0 Å². The summed E-state index contributed by atoms with van der Waals surface area (Å²) in [6.07, 6.45) is 1.71. The van der Waals surface area contributed by atoms with Crippen molar-refractivity contribution in [2.45, 2.75) is 32.7 Å². The Morgan fingerprint density at radius 3 is 2.37 bits per heavy atom. The van der Waals surface area contributed by atoms with Gasteiger partial charge in [-0.1, -0.05) is 29.3 Å². The van der Waals surface area contributed by atoms with E-state index < -0.39 is 9.84 Å². The average molecular weight is 281 g/mol. The molecule has 0 aromatic heterocycles. The first-order valence-electron chi connectivity index (χ1n) is 6.85. The number of hydrogen-bond donors (Lipinski definition) is 1. The van der Waals surface area contributed by atoms with Gasteiger partial charge in [-0.3, -0.25) is 0 Å². The van der Waals surface area contributed by atoms with Crippen molar-refractivity contribution >= 4 is 9.84 Å². The lowest BCUT2D eigenvalue weighted by Gasteiger charge is -2.21. The standard InChI is InChI=1S/C15H23NO2S/c1-11-6-12(2)8-14(7-11)15(16-3)9-13-4-5-19(17,18)10-13/h6-8,13,15-16H,4-5,9-10H2,1-3H3. The zero-order valence-electron chi connectivity index (χ0n) is 11.9. The van der Waals surface area contributed by atoms with Gasteiger partial charge in [-0.2, -0.15) is 0 Å². The molecule has 2 rings (SSSR count). The molecular formula is C15H23NO2S. The van der Waals surface area contributed by atoms with E-state index in [9.17, 15) is 8.42 Å². The second kappa shape index (κ2) is 5.63. The average Bonchev–Trinajstić information content (AvgIpc) is 2.64. The van der Waals surface area contributed by atoms with Crippen molar-refractivity contribution in [3.63, 3.8) is 0 Å². The number of sulfone groups is 1. The summed E-state index contributed by atoms with van der Waals surface area (Å²) in [6, 6.07) is 6.79. The second-order valence-corrected chi connectivity index (χ2v) is 8.00. The molecule has 4 heteroatoms. The van der Waals surface area contributed by atoms with Crippen LogP contribution < -0.4 is 5.32 Å². The Balaban J connectivity index is 2.12. The topological polar surface area (TPSA) is 46.2 Å². The highest BCUT2D eigenvalue weighted by atomic mass is 32.2. The largest absolute Gasteiger partial charge is 0.313 e. The zero-order valence-corrected chi connectivity index (χ0v) is 12.8. The minimum Gasteiger partial charge on any atom is -0.313 e. The van der Waals surface area contributed by atoms with Crippen molar-refractivity contribution in [3.8, 4) is 0 Å². The summed E-state index contributed by atoms with van der Waals surface area (Å²) in [5.41, 5.74) is 3.79. The molecule has 0 spiro atoms. The summed E-state index contributed by atoms with van der Waals surface area (Å²) >= 11 is 0. The lowest BCUT2D eigenvalue weighted by Crippen LogP contribution is -2.20. The number of aryl methyl sites for hydroxylation is 2. The third-order valence-corrected chi connectivity index (χ3v) is 5.73. The van der Waals surface area contributed by atoms with Crippen LogP contribution in [0.25, 0.3) is 0 Å². The van der Waals surface area contributed by atoms with Crippen molar-refractivity contribution < 1.29 is 8.42 Å². The lowest BCUT2D eigenvalue weighted by molar-refractivity contribution is 0.437. The number of benzene rings is 1. The lowest BCUT2D eigenvalue weighted by atomic mass is 9.92. The Morgan fingerprint density at radius 1 is 1.26 bits per heavy atom. The molecule has 0 radical (unpaired) electrons. The van der Waals surface area contributed by atoms with E-state index in [-0.39, 0.29) is 6.04 Å². The molecule has 1 heterocycles. The van der Waals surface area contributed by atoms with Gasteiger partial charge in [0.25, 0.3) is 0 Å². The molecule has 1 aliphatic heterocycles. The van der Waals surface area contributed by atoms with Gasteiger partial charge in [0.15, 0.2) is 9.84 Å². The van der Waals surface area contributed by atoms with Gasteiger partial charge >= 0.3 is 0 Å². The van der Waals surface area contributed by atoms with E-state index >= 15 is 0 Å². The fraction of sp³-hybridized carbons (Fsp3) is 0.600. The number of rotatable bonds is 4. The van der Waals surface area contributed by atoms with Crippen LogP contribution in [0.15, 0.2) is 18.2 Å².